The Balaban J connectivity index is 1.63. The molecule has 0 saturated carbocycles. The van der Waals surface area contributed by atoms with Crippen LogP contribution >= 0.6 is 22.7 Å². The molecular formula is C16H13N3O3S3. The van der Waals surface area contributed by atoms with Crippen LogP contribution in [-0.2, 0) is 10.0 Å². The second-order valence-corrected chi connectivity index (χ2v) is 8.67. The van der Waals surface area contributed by atoms with Crippen molar-refractivity contribution in [1.82, 2.24) is 5.43 Å². The highest BCUT2D eigenvalue weighted by atomic mass is 32.2. The molecular weight excluding hydrogens is 378 g/mol. The smallest absolute Gasteiger partial charge is 0.271 e. The number of carbonyl (C=O) groups excluding carboxylic acids is 1. The van der Waals surface area contributed by atoms with Crippen LogP contribution < -0.4 is 10.1 Å². The number of hydrogen-bond acceptors (Lipinski definition) is 6. The largest absolute Gasteiger partial charge is 0.279 e. The zero-order valence-electron chi connectivity index (χ0n) is 12.7. The van der Waals surface area contributed by atoms with Crippen LogP contribution in [0, 0.1) is 0 Å². The van der Waals surface area contributed by atoms with E-state index < -0.39 is 10.0 Å². The Morgan fingerprint density at radius 3 is 2.36 bits per heavy atom. The number of amides is 1. The summed E-state index contributed by atoms with van der Waals surface area (Å²) in [5.41, 5.74) is 3.19. The monoisotopic (exact) mass is 391 g/mol. The second-order valence-electron chi connectivity index (χ2n) is 4.83. The molecule has 3 rings (SSSR count). The van der Waals surface area contributed by atoms with Gasteiger partial charge in [-0.2, -0.15) is 5.10 Å². The molecule has 3 aromatic rings. The molecule has 0 saturated heterocycles. The quantitative estimate of drug-likeness (QED) is 0.499. The maximum Gasteiger partial charge on any atom is 0.271 e. The van der Waals surface area contributed by atoms with Gasteiger partial charge in [-0.05, 0) is 47.2 Å². The van der Waals surface area contributed by atoms with Crippen LogP contribution in [0.2, 0.25) is 0 Å². The minimum Gasteiger partial charge on any atom is -0.279 e. The molecule has 9 heteroatoms. The Morgan fingerprint density at radius 2 is 1.72 bits per heavy atom. The predicted molar refractivity (Wildman–Crippen MR) is 101 cm³/mol. The summed E-state index contributed by atoms with van der Waals surface area (Å²) in [6.07, 6.45) is 1.56. The molecule has 0 radical (unpaired) electrons. The first kappa shape index (κ1) is 17.3. The minimum atomic E-state index is -3.60. The lowest BCUT2D eigenvalue weighted by Gasteiger charge is -2.07. The summed E-state index contributed by atoms with van der Waals surface area (Å²) >= 11 is 2.65. The van der Waals surface area contributed by atoms with E-state index in [-0.39, 0.29) is 10.1 Å². The Hall–Kier alpha value is -2.49. The normalized spacial score (nSPS) is 11.5. The number of benzene rings is 1. The topological polar surface area (TPSA) is 87.6 Å². The number of hydrogen-bond donors (Lipinski definition) is 2. The highest BCUT2D eigenvalue weighted by Crippen LogP contribution is 2.20. The first-order valence-electron chi connectivity index (χ1n) is 7.08. The van der Waals surface area contributed by atoms with E-state index in [9.17, 15) is 13.2 Å². The van der Waals surface area contributed by atoms with Gasteiger partial charge in [-0.1, -0.05) is 12.1 Å². The third-order valence-corrected chi connectivity index (χ3v) is 6.65. The van der Waals surface area contributed by atoms with E-state index in [2.05, 4.69) is 15.2 Å². The van der Waals surface area contributed by atoms with Crippen molar-refractivity contribution in [3.8, 4) is 0 Å². The molecule has 2 aromatic heterocycles. The average Bonchev–Trinajstić information content (AvgIpc) is 3.29. The third-order valence-electron chi connectivity index (χ3n) is 3.06. The predicted octanol–water partition coefficient (Wildman–Crippen LogP) is 3.37. The molecule has 0 bridgehead atoms. The summed E-state index contributed by atoms with van der Waals surface area (Å²) in [6, 6.07) is 13.1. The first-order valence-corrected chi connectivity index (χ1v) is 10.3. The van der Waals surface area contributed by atoms with Gasteiger partial charge in [0.1, 0.15) is 4.21 Å². The van der Waals surface area contributed by atoms with Crippen molar-refractivity contribution >= 4 is 50.5 Å². The number of hydrazone groups is 1. The van der Waals surface area contributed by atoms with Gasteiger partial charge >= 0.3 is 0 Å². The van der Waals surface area contributed by atoms with Gasteiger partial charge in [0, 0.05) is 16.1 Å². The number of anilines is 1. The van der Waals surface area contributed by atoms with Gasteiger partial charge in [0.15, 0.2) is 0 Å². The lowest BCUT2D eigenvalue weighted by Crippen LogP contribution is -2.17. The number of nitrogens with one attached hydrogen (secondary N) is 2. The zero-order valence-corrected chi connectivity index (χ0v) is 15.2. The van der Waals surface area contributed by atoms with Crippen molar-refractivity contribution in [3.63, 3.8) is 0 Å². The van der Waals surface area contributed by atoms with Gasteiger partial charge in [0.25, 0.3) is 15.9 Å². The molecule has 2 N–H and O–H groups in total. The summed E-state index contributed by atoms with van der Waals surface area (Å²) in [7, 11) is -3.60. The summed E-state index contributed by atoms with van der Waals surface area (Å²) in [4.78, 5) is 12.9. The van der Waals surface area contributed by atoms with Crippen LogP contribution in [0.25, 0.3) is 0 Å². The number of nitrogens with zero attached hydrogens (tertiary/aromatic N) is 1. The lowest BCUT2D eigenvalue weighted by atomic mass is 10.2. The molecule has 0 aliphatic heterocycles. The molecule has 1 amide bonds. The van der Waals surface area contributed by atoms with E-state index in [1.54, 1.807) is 17.7 Å². The molecule has 1 aromatic carbocycles. The minimum absolute atomic E-state index is 0.234. The fraction of sp³-hybridized carbons (Fsp3) is 0. The summed E-state index contributed by atoms with van der Waals surface area (Å²) in [5.74, 6) is -0.375. The van der Waals surface area contributed by atoms with Crippen molar-refractivity contribution in [2.45, 2.75) is 4.21 Å². The van der Waals surface area contributed by atoms with Crippen LogP contribution in [0.4, 0.5) is 5.69 Å². The molecule has 128 valence electrons. The summed E-state index contributed by atoms with van der Waals surface area (Å²) < 4.78 is 27.0. The maximum absolute atomic E-state index is 12.1. The fourth-order valence-electron chi connectivity index (χ4n) is 1.90. The van der Waals surface area contributed by atoms with Crippen LogP contribution in [0.3, 0.4) is 0 Å². The molecule has 0 aliphatic rings. The number of carbonyl (C=O) groups is 1. The molecule has 0 aliphatic carbocycles. The Labute approximate surface area is 152 Å². The molecule has 0 atom stereocenters. The standard InChI is InChI=1S/C16H13N3O3S3/c20-16(18-17-11-14-3-1-9-23-14)12-5-7-13(8-6-12)19-25(21,22)15-4-2-10-24-15/h1-11,19H,(H,18,20)/b17-11-. The van der Waals surface area contributed by atoms with Crippen molar-refractivity contribution in [2.24, 2.45) is 5.10 Å². The Morgan fingerprint density at radius 1 is 1.00 bits per heavy atom. The molecule has 0 fully saturated rings. The number of thiophene rings is 2. The van der Waals surface area contributed by atoms with E-state index in [0.717, 1.165) is 16.2 Å². The maximum atomic E-state index is 12.1. The van der Waals surface area contributed by atoms with Gasteiger partial charge in [0.2, 0.25) is 0 Å². The first-order chi connectivity index (χ1) is 12.0. The van der Waals surface area contributed by atoms with Crippen LogP contribution in [0.1, 0.15) is 15.2 Å². The highest BCUT2D eigenvalue weighted by Gasteiger charge is 2.15. The SMILES string of the molecule is O=C(N/N=C\c1cccs1)c1ccc(NS(=O)(=O)c2cccs2)cc1. The Kier molecular flexibility index (Phi) is 5.27. The van der Waals surface area contributed by atoms with Crippen molar-refractivity contribution in [3.05, 3.63) is 69.7 Å². The van der Waals surface area contributed by atoms with Crippen LogP contribution in [0.5, 0.6) is 0 Å². The summed E-state index contributed by atoms with van der Waals surface area (Å²) in [5, 5.41) is 7.49. The van der Waals surface area contributed by atoms with Gasteiger partial charge < -0.3 is 0 Å². The number of rotatable bonds is 6. The average molecular weight is 391 g/mol. The fourth-order valence-corrected chi connectivity index (χ4v) is 4.53. The zero-order chi connectivity index (χ0) is 17.7. The van der Waals surface area contributed by atoms with E-state index in [1.165, 1.54) is 41.7 Å². The van der Waals surface area contributed by atoms with Crippen LogP contribution in [-0.4, -0.2) is 20.5 Å². The molecule has 0 spiro atoms. The van der Waals surface area contributed by atoms with Crippen molar-refractivity contribution < 1.29 is 13.2 Å². The van der Waals surface area contributed by atoms with Gasteiger partial charge in [-0.25, -0.2) is 13.8 Å². The van der Waals surface area contributed by atoms with Gasteiger partial charge in [-0.3, -0.25) is 9.52 Å². The molecule has 0 unspecified atom stereocenters. The molecule has 6 nitrogen and oxygen atoms in total. The Bertz CT molecular complexity index is 962. The van der Waals surface area contributed by atoms with Gasteiger partial charge in [-0.15, -0.1) is 22.7 Å². The van der Waals surface area contributed by atoms with Crippen LogP contribution in [0.15, 0.2) is 68.6 Å². The van der Waals surface area contributed by atoms with E-state index >= 15 is 0 Å². The van der Waals surface area contributed by atoms with E-state index in [0.29, 0.717) is 11.3 Å². The van der Waals surface area contributed by atoms with Crippen molar-refractivity contribution in [1.29, 1.82) is 0 Å². The second kappa shape index (κ2) is 7.60. The van der Waals surface area contributed by atoms with E-state index in [4.69, 9.17) is 0 Å². The van der Waals surface area contributed by atoms with Gasteiger partial charge in [0.05, 0.1) is 6.21 Å². The molecule has 25 heavy (non-hydrogen) atoms. The number of sulfonamides is 1. The third kappa shape index (κ3) is 4.53. The van der Waals surface area contributed by atoms with E-state index in [1.807, 2.05) is 17.5 Å². The highest BCUT2D eigenvalue weighted by molar-refractivity contribution is 7.94. The molecule has 2 heterocycles. The summed E-state index contributed by atoms with van der Waals surface area (Å²) in [6.45, 7) is 0. The van der Waals surface area contributed by atoms with Crippen molar-refractivity contribution in [2.75, 3.05) is 4.72 Å². The lowest BCUT2D eigenvalue weighted by molar-refractivity contribution is 0.0955.